The molecule has 0 aliphatic heterocycles. The minimum atomic E-state index is -4.20. The van der Waals surface area contributed by atoms with Crippen molar-refractivity contribution in [2.45, 2.75) is 31.3 Å². The zero-order valence-electron chi connectivity index (χ0n) is 19.5. The van der Waals surface area contributed by atoms with E-state index in [1.807, 2.05) is 0 Å². The molecule has 1 fully saturated rings. The third-order valence-electron chi connectivity index (χ3n) is 5.88. The van der Waals surface area contributed by atoms with Crippen molar-refractivity contribution in [1.29, 1.82) is 0 Å². The fraction of sp³-hybridized carbons (Fsp3) is 0.364. The molecule has 0 spiro atoms. The van der Waals surface area contributed by atoms with Crippen LogP contribution in [0, 0.1) is 5.92 Å². The molecule has 14 heteroatoms. The molecule has 5 unspecified atom stereocenters. The van der Waals surface area contributed by atoms with Gasteiger partial charge in [0.15, 0.2) is 17.6 Å². The molecule has 1 saturated carbocycles. The molecule has 2 aromatic heterocycles. The predicted molar refractivity (Wildman–Crippen MR) is 128 cm³/mol. The van der Waals surface area contributed by atoms with E-state index in [9.17, 15) is 14.5 Å². The maximum atomic E-state index is 15.3. The lowest BCUT2D eigenvalue weighted by Gasteiger charge is -2.25. The molecule has 0 bridgehead atoms. The van der Waals surface area contributed by atoms with Gasteiger partial charge in [0.1, 0.15) is 23.6 Å². The van der Waals surface area contributed by atoms with Crippen LogP contribution in [-0.2, 0) is 18.6 Å². The van der Waals surface area contributed by atoms with Gasteiger partial charge in [0.25, 0.3) is 0 Å². The van der Waals surface area contributed by atoms with Gasteiger partial charge in [0.2, 0.25) is 0 Å². The van der Waals surface area contributed by atoms with Crippen molar-refractivity contribution in [1.82, 2.24) is 24.6 Å². The molecule has 0 radical (unpaired) electrons. The maximum Gasteiger partial charge on any atom is 0.459 e. The Balaban J connectivity index is 1.56. The number of nitrogen functional groups attached to an aromatic ring is 1. The number of imidazole rings is 1. The van der Waals surface area contributed by atoms with Crippen molar-refractivity contribution >= 4 is 30.7 Å². The number of hydrogen-bond acceptors (Lipinski definition) is 10. The van der Waals surface area contributed by atoms with Crippen LogP contribution in [0.1, 0.15) is 13.0 Å². The number of carbonyl (C=O) groups excluding carboxylic acids is 1. The van der Waals surface area contributed by atoms with Gasteiger partial charge in [0.05, 0.1) is 32.2 Å². The summed E-state index contributed by atoms with van der Waals surface area (Å²) in [6, 6.07) is 6.08. The summed E-state index contributed by atoms with van der Waals surface area (Å²) in [5, 5.41) is 13.2. The van der Waals surface area contributed by atoms with Crippen LogP contribution in [0.15, 0.2) is 55.1 Å². The summed E-state index contributed by atoms with van der Waals surface area (Å²) in [5.41, 5.74) is 6.65. The molecule has 3 aromatic rings. The number of fused-ring (bicyclic) bond motifs is 1. The SMILES string of the molecule is C=C1C(COP(=O)(N[C@H](C)C(=O)OC)Oc2ccccc2)C(O)C(F)C1n1cnc2c(N)ncnc21. The van der Waals surface area contributed by atoms with Crippen molar-refractivity contribution in [3.63, 3.8) is 0 Å². The molecule has 0 saturated heterocycles. The zero-order chi connectivity index (χ0) is 26.0. The van der Waals surface area contributed by atoms with E-state index >= 15 is 4.39 Å². The first-order chi connectivity index (χ1) is 17.1. The number of rotatable bonds is 9. The normalized spacial score (nSPS) is 24.4. The first-order valence-corrected chi connectivity index (χ1v) is 12.5. The third kappa shape index (κ3) is 4.96. The van der Waals surface area contributed by atoms with Crippen LogP contribution in [-0.4, -0.2) is 62.6 Å². The lowest BCUT2D eigenvalue weighted by Crippen LogP contribution is -2.35. The number of para-hydroxylation sites is 1. The first kappa shape index (κ1) is 25.7. The molecule has 36 heavy (non-hydrogen) atoms. The number of nitrogens with zero attached hydrogens (tertiary/aromatic N) is 4. The number of alkyl halides is 1. The van der Waals surface area contributed by atoms with Gasteiger partial charge in [0, 0.05) is 5.92 Å². The molecule has 1 aliphatic carbocycles. The van der Waals surface area contributed by atoms with Gasteiger partial charge in [-0.25, -0.2) is 23.9 Å². The van der Waals surface area contributed by atoms with Gasteiger partial charge in [-0.3, -0.25) is 9.32 Å². The van der Waals surface area contributed by atoms with Crippen LogP contribution in [0.5, 0.6) is 5.75 Å². The second-order valence-corrected chi connectivity index (χ2v) is 9.91. The van der Waals surface area contributed by atoms with E-state index in [1.54, 1.807) is 30.3 Å². The Morgan fingerprint density at radius 2 is 2.06 bits per heavy atom. The van der Waals surface area contributed by atoms with E-state index in [0.717, 1.165) is 0 Å². The molecular formula is C22H26FN6O6P. The van der Waals surface area contributed by atoms with Crippen LogP contribution >= 0.6 is 7.75 Å². The number of nitrogens with one attached hydrogen (secondary N) is 1. The molecule has 0 amide bonds. The number of benzene rings is 1. The molecular weight excluding hydrogens is 494 g/mol. The molecule has 4 N–H and O–H groups in total. The minimum Gasteiger partial charge on any atom is -0.468 e. The zero-order valence-corrected chi connectivity index (χ0v) is 20.4. The molecule has 12 nitrogen and oxygen atoms in total. The van der Waals surface area contributed by atoms with Crippen molar-refractivity contribution in [3.8, 4) is 5.75 Å². The van der Waals surface area contributed by atoms with E-state index in [0.29, 0.717) is 0 Å². The summed E-state index contributed by atoms with van der Waals surface area (Å²) in [4.78, 5) is 24.0. The molecule has 6 atom stereocenters. The number of anilines is 1. The van der Waals surface area contributed by atoms with Crippen LogP contribution in [0.25, 0.3) is 11.2 Å². The summed E-state index contributed by atoms with van der Waals surface area (Å²) in [6.45, 7) is 4.96. The fourth-order valence-electron chi connectivity index (χ4n) is 4.02. The number of hydrogen-bond donors (Lipinski definition) is 3. The van der Waals surface area contributed by atoms with Crippen LogP contribution in [0.2, 0.25) is 0 Å². The number of aromatic nitrogens is 4. The van der Waals surface area contributed by atoms with Gasteiger partial charge in [-0.15, -0.1) is 0 Å². The average molecular weight is 520 g/mol. The topological polar surface area (TPSA) is 164 Å². The van der Waals surface area contributed by atoms with Gasteiger partial charge in [-0.2, -0.15) is 5.09 Å². The summed E-state index contributed by atoms with van der Waals surface area (Å²) in [7, 11) is -3.01. The number of aliphatic hydroxyl groups is 1. The number of carbonyl (C=O) groups is 1. The fourth-order valence-corrected chi connectivity index (χ4v) is 5.53. The highest BCUT2D eigenvalue weighted by Crippen LogP contribution is 2.48. The quantitative estimate of drug-likeness (QED) is 0.215. The average Bonchev–Trinajstić information content (AvgIpc) is 3.37. The highest BCUT2D eigenvalue weighted by atomic mass is 31.2. The largest absolute Gasteiger partial charge is 0.468 e. The molecule has 1 aliphatic rings. The van der Waals surface area contributed by atoms with Crippen LogP contribution < -0.4 is 15.3 Å². The Bertz CT molecular complexity index is 1310. The van der Waals surface area contributed by atoms with E-state index < -0.39 is 50.6 Å². The van der Waals surface area contributed by atoms with Crippen LogP contribution in [0.3, 0.4) is 0 Å². The Labute approximate surface area is 205 Å². The van der Waals surface area contributed by atoms with Gasteiger partial charge in [-0.1, -0.05) is 24.8 Å². The summed E-state index contributed by atoms with van der Waals surface area (Å²) in [6.07, 6.45) is -0.765. The molecule has 1 aromatic carbocycles. The summed E-state index contributed by atoms with van der Waals surface area (Å²) >= 11 is 0. The number of halogens is 1. The Morgan fingerprint density at radius 3 is 2.75 bits per heavy atom. The third-order valence-corrected chi connectivity index (χ3v) is 7.53. The smallest absolute Gasteiger partial charge is 0.459 e. The van der Waals surface area contributed by atoms with Crippen LogP contribution in [0.4, 0.5) is 10.2 Å². The maximum absolute atomic E-state index is 15.3. The van der Waals surface area contributed by atoms with E-state index in [4.69, 9.17) is 14.8 Å². The Morgan fingerprint density at radius 1 is 1.33 bits per heavy atom. The Hall–Kier alpha value is -3.38. The second-order valence-electron chi connectivity index (χ2n) is 8.22. The molecule has 192 valence electrons. The molecule has 4 rings (SSSR count). The lowest BCUT2D eigenvalue weighted by atomic mass is 10.0. The number of nitrogens with two attached hydrogens (primary N) is 1. The van der Waals surface area contributed by atoms with Crippen molar-refractivity contribution < 1.29 is 32.6 Å². The lowest BCUT2D eigenvalue weighted by molar-refractivity contribution is -0.142. The summed E-state index contributed by atoms with van der Waals surface area (Å²) < 4.78 is 46.2. The van der Waals surface area contributed by atoms with Gasteiger partial charge >= 0.3 is 13.7 Å². The first-order valence-electron chi connectivity index (χ1n) is 10.9. The second kappa shape index (κ2) is 10.3. The van der Waals surface area contributed by atoms with E-state index in [-0.39, 0.29) is 28.3 Å². The highest BCUT2D eigenvalue weighted by molar-refractivity contribution is 7.52. The van der Waals surface area contributed by atoms with Crippen molar-refractivity contribution in [2.24, 2.45) is 5.92 Å². The molecule has 2 heterocycles. The number of ether oxygens (including phenoxy) is 1. The minimum absolute atomic E-state index is 0.128. The van der Waals surface area contributed by atoms with E-state index in [2.05, 4.69) is 31.4 Å². The highest BCUT2D eigenvalue weighted by Gasteiger charge is 2.48. The predicted octanol–water partition coefficient (Wildman–Crippen LogP) is 2.19. The monoisotopic (exact) mass is 520 g/mol. The summed E-state index contributed by atoms with van der Waals surface area (Å²) in [5.74, 6) is -1.33. The Kier molecular flexibility index (Phi) is 7.36. The van der Waals surface area contributed by atoms with Gasteiger partial charge < -0.3 is 24.7 Å². The van der Waals surface area contributed by atoms with E-state index in [1.165, 1.54) is 31.3 Å². The number of methoxy groups -OCH3 is 1. The standard InChI is InChI=1S/C22H26FN6O6P/c1-12-15(19(30)16(23)18(12)29-11-27-17-20(24)25-10-26-21(17)29)9-34-36(32,28-13(2)22(31)33-3)35-14-7-5-4-6-8-14/h4-8,10-11,13,15-16,18-19,30H,1,9H2,2-3H3,(H,28,32)(H2,24,25,26)/t13-,15?,16?,18?,19?,36?/m1/s1. The number of esters is 1. The van der Waals surface area contributed by atoms with Gasteiger partial charge in [-0.05, 0) is 24.6 Å². The number of aliphatic hydroxyl groups excluding tert-OH is 1. The van der Waals surface area contributed by atoms with Crippen molar-refractivity contribution in [2.75, 3.05) is 19.5 Å². The van der Waals surface area contributed by atoms with Crippen molar-refractivity contribution in [3.05, 3.63) is 55.1 Å².